The summed E-state index contributed by atoms with van der Waals surface area (Å²) in [5, 5.41) is 3.34. The molecule has 0 amide bonds. The molecular formula is C13H17BrF2N2. The Morgan fingerprint density at radius 1 is 1.39 bits per heavy atom. The number of hydrogen-bond donors (Lipinski definition) is 1. The molecule has 100 valence electrons. The van der Waals surface area contributed by atoms with E-state index in [-0.39, 0.29) is 17.8 Å². The van der Waals surface area contributed by atoms with Crippen LogP contribution in [0.1, 0.15) is 20.3 Å². The van der Waals surface area contributed by atoms with Gasteiger partial charge in [-0.1, -0.05) is 22.9 Å². The molecule has 0 radical (unpaired) electrons. The van der Waals surface area contributed by atoms with Crippen molar-refractivity contribution < 1.29 is 8.78 Å². The van der Waals surface area contributed by atoms with Gasteiger partial charge in [-0.05, 0) is 25.5 Å². The van der Waals surface area contributed by atoms with Crippen molar-refractivity contribution in [3.63, 3.8) is 0 Å². The largest absolute Gasteiger partial charge is 0.361 e. The number of piperazine rings is 1. The summed E-state index contributed by atoms with van der Waals surface area (Å²) in [5.74, 6) is -1.01. The van der Waals surface area contributed by atoms with Crippen LogP contribution in [-0.4, -0.2) is 25.2 Å². The van der Waals surface area contributed by atoms with Crippen molar-refractivity contribution in [2.24, 2.45) is 0 Å². The first-order valence-electron chi connectivity index (χ1n) is 6.17. The average Bonchev–Trinajstić information content (AvgIpc) is 2.28. The van der Waals surface area contributed by atoms with Crippen LogP contribution in [0, 0.1) is 11.6 Å². The van der Waals surface area contributed by atoms with Gasteiger partial charge in [0.1, 0.15) is 5.69 Å². The summed E-state index contributed by atoms with van der Waals surface area (Å²) in [5.41, 5.74) is 0.0957. The summed E-state index contributed by atoms with van der Waals surface area (Å²) in [6, 6.07) is 3.00. The van der Waals surface area contributed by atoms with Crippen molar-refractivity contribution in [2.75, 3.05) is 18.0 Å². The van der Waals surface area contributed by atoms with Crippen LogP contribution in [0.3, 0.4) is 0 Å². The first-order valence-corrected chi connectivity index (χ1v) is 6.96. The number of halogens is 3. The highest BCUT2D eigenvalue weighted by Crippen LogP contribution is 2.30. The molecule has 0 spiro atoms. The summed E-state index contributed by atoms with van der Waals surface area (Å²) in [6.07, 6.45) is 0.856. The Kier molecular flexibility index (Phi) is 4.22. The zero-order valence-electron chi connectivity index (χ0n) is 10.5. The Bertz CT molecular complexity index is 416. The SMILES string of the molecule is CCC1CNC(C)CN1c1c(F)cc(Br)cc1F. The molecule has 1 fully saturated rings. The lowest BCUT2D eigenvalue weighted by Crippen LogP contribution is -2.56. The van der Waals surface area contributed by atoms with Gasteiger partial charge in [-0.2, -0.15) is 0 Å². The van der Waals surface area contributed by atoms with Crippen LogP contribution in [0.4, 0.5) is 14.5 Å². The van der Waals surface area contributed by atoms with E-state index in [1.54, 1.807) is 0 Å². The maximum Gasteiger partial charge on any atom is 0.150 e. The summed E-state index contributed by atoms with van der Waals surface area (Å²) in [6.45, 7) is 5.43. The lowest BCUT2D eigenvalue weighted by molar-refractivity contribution is 0.393. The van der Waals surface area contributed by atoms with Gasteiger partial charge < -0.3 is 10.2 Å². The third kappa shape index (κ3) is 2.67. The molecule has 0 aromatic heterocycles. The molecule has 2 atom stereocenters. The van der Waals surface area contributed by atoms with Crippen LogP contribution >= 0.6 is 15.9 Å². The molecule has 1 aromatic carbocycles. The highest BCUT2D eigenvalue weighted by Gasteiger charge is 2.28. The maximum atomic E-state index is 14.0. The van der Waals surface area contributed by atoms with Crippen LogP contribution in [-0.2, 0) is 0 Å². The molecule has 1 aliphatic heterocycles. The maximum absolute atomic E-state index is 14.0. The van der Waals surface area contributed by atoms with Gasteiger partial charge >= 0.3 is 0 Å². The van der Waals surface area contributed by atoms with E-state index >= 15 is 0 Å². The molecule has 2 unspecified atom stereocenters. The number of benzene rings is 1. The monoisotopic (exact) mass is 318 g/mol. The Balaban J connectivity index is 2.39. The Morgan fingerprint density at radius 3 is 2.56 bits per heavy atom. The molecule has 18 heavy (non-hydrogen) atoms. The van der Waals surface area contributed by atoms with Crippen molar-refractivity contribution >= 4 is 21.6 Å². The first kappa shape index (κ1) is 13.7. The number of rotatable bonds is 2. The Hall–Kier alpha value is -0.680. The van der Waals surface area contributed by atoms with Gasteiger partial charge in [0.25, 0.3) is 0 Å². The van der Waals surface area contributed by atoms with Gasteiger partial charge in [0, 0.05) is 29.6 Å². The van der Waals surface area contributed by atoms with Crippen LogP contribution in [0.2, 0.25) is 0 Å². The minimum absolute atomic E-state index is 0.0957. The minimum atomic E-state index is -0.505. The molecule has 2 rings (SSSR count). The highest BCUT2D eigenvalue weighted by atomic mass is 79.9. The molecule has 0 saturated carbocycles. The van der Waals surface area contributed by atoms with E-state index in [1.165, 1.54) is 12.1 Å². The molecule has 1 N–H and O–H groups in total. The van der Waals surface area contributed by atoms with E-state index in [0.29, 0.717) is 11.0 Å². The number of nitrogens with one attached hydrogen (secondary N) is 1. The van der Waals surface area contributed by atoms with Crippen molar-refractivity contribution in [2.45, 2.75) is 32.4 Å². The Morgan fingerprint density at radius 2 is 2.00 bits per heavy atom. The molecule has 5 heteroatoms. The molecule has 1 heterocycles. The van der Waals surface area contributed by atoms with E-state index < -0.39 is 11.6 Å². The third-order valence-corrected chi connectivity index (χ3v) is 3.81. The summed E-state index contributed by atoms with van der Waals surface area (Å²) in [7, 11) is 0. The second-order valence-corrected chi connectivity index (χ2v) is 5.66. The quantitative estimate of drug-likeness (QED) is 0.900. The second kappa shape index (κ2) is 5.53. The lowest BCUT2D eigenvalue weighted by atomic mass is 10.1. The normalized spacial score (nSPS) is 24.4. The molecular weight excluding hydrogens is 302 g/mol. The van der Waals surface area contributed by atoms with Crippen LogP contribution < -0.4 is 10.2 Å². The van der Waals surface area contributed by atoms with E-state index in [9.17, 15) is 8.78 Å². The van der Waals surface area contributed by atoms with E-state index in [4.69, 9.17) is 0 Å². The third-order valence-electron chi connectivity index (χ3n) is 3.35. The standard InChI is InChI=1S/C13H17BrF2N2/c1-3-10-6-17-8(2)7-18(10)13-11(15)4-9(14)5-12(13)16/h4-5,8,10,17H,3,6-7H2,1-2H3. The van der Waals surface area contributed by atoms with Crippen LogP contribution in [0.25, 0.3) is 0 Å². The zero-order valence-corrected chi connectivity index (χ0v) is 12.1. The molecule has 2 nitrogen and oxygen atoms in total. The van der Waals surface area contributed by atoms with Gasteiger partial charge in [-0.15, -0.1) is 0 Å². The van der Waals surface area contributed by atoms with E-state index in [1.807, 2.05) is 18.7 Å². The predicted octanol–water partition coefficient (Wildman–Crippen LogP) is 3.30. The van der Waals surface area contributed by atoms with Crippen molar-refractivity contribution in [1.29, 1.82) is 0 Å². The highest BCUT2D eigenvalue weighted by molar-refractivity contribution is 9.10. The molecule has 1 aliphatic rings. The van der Waals surface area contributed by atoms with Crippen molar-refractivity contribution in [3.05, 3.63) is 28.2 Å². The van der Waals surface area contributed by atoms with Gasteiger partial charge in [0.05, 0.1) is 0 Å². The summed E-state index contributed by atoms with van der Waals surface area (Å²) in [4.78, 5) is 1.85. The lowest BCUT2D eigenvalue weighted by Gasteiger charge is -2.40. The average molecular weight is 319 g/mol. The number of nitrogens with zero attached hydrogens (tertiary/aromatic N) is 1. The topological polar surface area (TPSA) is 15.3 Å². The van der Waals surface area contributed by atoms with Crippen LogP contribution in [0.15, 0.2) is 16.6 Å². The minimum Gasteiger partial charge on any atom is -0.361 e. The molecule has 0 bridgehead atoms. The predicted molar refractivity (Wildman–Crippen MR) is 72.9 cm³/mol. The van der Waals surface area contributed by atoms with Crippen molar-refractivity contribution in [3.8, 4) is 0 Å². The smallest absolute Gasteiger partial charge is 0.150 e. The fourth-order valence-corrected chi connectivity index (χ4v) is 2.81. The second-order valence-electron chi connectivity index (χ2n) is 4.74. The number of anilines is 1. The van der Waals surface area contributed by atoms with Gasteiger partial charge in [0.2, 0.25) is 0 Å². The Labute approximate surface area is 114 Å². The first-order chi connectivity index (χ1) is 8.52. The summed E-state index contributed by atoms with van der Waals surface area (Å²) >= 11 is 3.10. The zero-order chi connectivity index (χ0) is 13.3. The fraction of sp³-hybridized carbons (Fsp3) is 0.538. The van der Waals surface area contributed by atoms with Crippen LogP contribution in [0.5, 0.6) is 0 Å². The molecule has 1 aromatic rings. The van der Waals surface area contributed by atoms with Gasteiger partial charge in [-0.25, -0.2) is 8.78 Å². The molecule has 1 saturated heterocycles. The number of hydrogen-bond acceptors (Lipinski definition) is 2. The van der Waals surface area contributed by atoms with E-state index in [2.05, 4.69) is 21.2 Å². The van der Waals surface area contributed by atoms with Gasteiger partial charge in [0.15, 0.2) is 11.6 Å². The fourth-order valence-electron chi connectivity index (χ4n) is 2.40. The van der Waals surface area contributed by atoms with Crippen molar-refractivity contribution in [1.82, 2.24) is 5.32 Å². The molecule has 0 aliphatic carbocycles. The van der Waals surface area contributed by atoms with Gasteiger partial charge in [-0.3, -0.25) is 0 Å². The summed E-state index contributed by atoms with van der Waals surface area (Å²) < 4.78 is 28.4. The van der Waals surface area contributed by atoms with E-state index in [0.717, 1.165) is 13.0 Å².